The maximum atomic E-state index is 13.3. The summed E-state index contributed by atoms with van der Waals surface area (Å²) in [4.78, 5) is 17.1. The number of thioether (sulfide) groups is 1. The number of allylic oxidation sites excluding steroid dienone is 1. The molecule has 0 unspecified atom stereocenters. The molecule has 36 heavy (non-hydrogen) atoms. The molecule has 1 aromatic heterocycles. The molecule has 0 saturated heterocycles. The number of aromatic nitrogens is 3. The molecule has 178 valence electrons. The molecule has 0 radical (unpaired) electrons. The fourth-order valence-electron chi connectivity index (χ4n) is 4.38. The first-order valence-corrected chi connectivity index (χ1v) is 12.5. The van der Waals surface area contributed by atoms with E-state index in [1.807, 2.05) is 101 Å². The van der Waals surface area contributed by atoms with Gasteiger partial charge in [-0.1, -0.05) is 72.4 Å². The number of fused-ring (bicyclic) bond motifs is 1. The highest BCUT2D eigenvalue weighted by Crippen LogP contribution is 2.40. The van der Waals surface area contributed by atoms with Crippen molar-refractivity contribution in [1.82, 2.24) is 14.8 Å². The first-order valence-electron chi connectivity index (χ1n) is 11.5. The smallest absolute Gasteiger partial charge is 0.196 e. The Morgan fingerprint density at radius 2 is 1.44 bits per heavy atom. The Labute approximate surface area is 214 Å². The van der Waals surface area contributed by atoms with Crippen molar-refractivity contribution in [1.29, 1.82) is 5.26 Å². The summed E-state index contributed by atoms with van der Waals surface area (Å²) in [6.45, 7) is 0. The minimum Gasteiger partial charge on any atom is -0.328 e. The number of para-hydroxylation sites is 3. The molecule has 1 aliphatic rings. The summed E-state index contributed by atoms with van der Waals surface area (Å²) in [7, 11) is 3.74. The van der Waals surface area contributed by atoms with Crippen LogP contribution in [0.1, 0.15) is 11.4 Å². The van der Waals surface area contributed by atoms with E-state index in [0.29, 0.717) is 17.4 Å². The van der Waals surface area contributed by atoms with Crippen LogP contribution in [0, 0.1) is 11.3 Å². The van der Waals surface area contributed by atoms with Crippen LogP contribution in [0.4, 0.5) is 11.4 Å². The zero-order chi connectivity index (χ0) is 25.1. The van der Waals surface area contributed by atoms with Crippen LogP contribution in [0.5, 0.6) is 0 Å². The lowest BCUT2D eigenvalue weighted by molar-refractivity contribution is -0.112. The van der Waals surface area contributed by atoms with Gasteiger partial charge in [0, 0.05) is 26.2 Å². The minimum atomic E-state index is -0.253. The van der Waals surface area contributed by atoms with Gasteiger partial charge in [0.1, 0.15) is 23.3 Å². The second-order valence-electron chi connectivity index (χ2n) is 8.36. The highest BCUT2D eigenvalue weighted by Gasteiger charge is 2.31. The third-order valence-corrected chi connectivity index (χ3v) is 7.04. The quantitative estimate of drug-likeness (QED) is 0.207. The summed E-state index contributed by atoms with van der Waals surface area (Å²) < 4.78 is 1.98. The molecular formula is C28H24N6OS. The van der Waals surface area contributed by atoms with Gasteiger partial charge in [-0.2, -0.15) is 5.26 Å². The molecule has 1 aliphatic heterocycles. The Kier molecular flexibility index (Phi) is 6.56. The number of nitrogens with zero attached hydrogens (tertiary/aromatic N) is 6. The summed E-state index contributed by atoms with van der Waals surface area (Å²) >= 11 is 1.29. The van der Waals surface area contributed by atoms with Crippen molar-refractivity contribution < 1.29 is 4.79 Å². The van der Waals surface area contributed by atoms with Crippen molar-refractivity contribution in [3.8, 4) is 11.8 Å². The Morgan fingerprint density at radius 3 is 2.06 bits per heavy atom. The third kappa shape index (κ3) is 4.37. The van der Waals surface area contributed by atoms with Crippen LogP contribution in [0.15, 0.2) is 101 Å². The second-order valence-corrected chi connectivity index (χ2v) is 9.30. The van der Waals surface area contributed by atoms with Crippen LogP contribution in [-0.4, -0.2) is 40.4 Å². The van der Waals surface area contributed by atoms with Gasteiger partial charge in [-0.05, 0) is 29.8 Å². The SMILES string of the molecule is CN1C(=C(C#N)C(=O)CSc2nnc(Cc3ccccc3)n2-c2ccccc2)N(C)c2ccccc21. The van der Waals surface area contributed by atoms with Gasteiger partial charge >= 0.3 is 0 Å². The molecule has 0 fully saturated rings. The van der Waals surface area contributed by atoms with Gasteiger partial charge in [0.25, 0.3) is 0 Å². The van der Waals surface area contributed by atoms with Crippen molar-refractivity contribution in [3.63, 3.8) is 0 Å². The Balaban J connectivity index is 1.43. The Bertz CT molecular complexity index is 1440. The third-order valence-electron chi connectivity index (χ3n) is 6.11. The topological polar surface area (TPSA) is 78.0 Å². The highest BCUT2D eigenvalue weighted by molar-refractivity contribution is 7.99. The summed E-state index contributed by atoms with van der Waals surface area (Å²) in [6, 6.07) is 29.9. The van der Waals surface area contributed by atoms with Gasteiger partial charge in [-0.25, -0.2) is 0 Å². The number of carbonyl (C=O) groups excluding carboxylic acids is 1. The van der Waals surface area contributed by atoms with E-state index in [-0.39, 0.29) is 17.1 Å². The molecule has 7 nitrogen and oxygen atoms in total. The van der Waals surface area contributed by atoms with E-state index in [2.05, 4.69) is 28.4 Å². The molecule has 0 N–H and O–H groups in total. The van der Waals surface area contributed by atoms with Crippen LogP contribution in [0.2, 0.25) is 0 Å². The zero-order valence-electron chi connectivity index (χ0n) is 20.0. The van der Waals surface area contributed by atoms with Crippen molar-refractivity contribution in [2.24, 2.45) is 0 Å². The molecule has 0 atom stereocenters. The molecule has 0 amide bonds. The van der Waals surface area contributed by atoms with E-state index in [9.17, 15) is 10.1 Å². The lowest BCUT2D eigenvalue weighted by Crippen LogP contribution is -2.26. The second kappa shape index (κ2) is 10.1. The Morgan fingerprint density at radius 1 is 0.861 bits per heavy atom. The average Bonchev–Trinajstić information content (AvgIpc) is 3.43. The van der Waals surface area contributed by atoms with E-state index in [4.69, 9.17) is 0 Å². The van der Waals surface area contributed by atoms with Crippen molar-refractivity contribution in [2.75, 3.05) is 29.6 Å². The Hall–Kier alpha value is -4.35. The molecule has 0 saturated carbocycles. The van der Waals surface area contributed by atoms with Crippen LogP contribution >= 0.6 is 11.8 Å². The molecule has 0 aliphatic carbocycles. The van der Waals surface area contributed by atoms with Gasteiger partial charge in [0.05, 0.1) is 17.1 Å². The standard InChI is InChI=1S/C28H24N6OS/c1-32-23-15-9-10-16-24(23)33(2)27(32)22(18-29)25(35)19-36-28-31-30-26(17-20-11-5-3-6-12-20)34(28)21-13-7-4-8-14-21/h3-16H,17,19H2,1-2H3. The summed E-state index contributed by atoms with van der Waals surface area (Å²) in [5, 5.41) is 19.4. The number of hydrogen-bond acceptors (Lipinski definition) is 7. The number of nitriles is 1. The van der Waals surface area contributed by atoms with Crippen LogP contribution in [0.25, 0.3) is 5.69 Å². The van der Waals surface area contributed by atoms with Crippen molar-refractivity contribution in [3.05, 3.63) is 108 Å². The molecule has 0 spiro atoms. The lowest BCUT2D eigenvalue weighted by Gasteiger charge is -2.19. The summed E-state index contributed by atoms with van der Waals surface area (Å²) in [5.41, 5.74) is 4.08. The van der Waals surface area contributed by atoms with E-state index in [0.717, 1.165) is 28.5 Å². The maximum Gasteiger partial charge on any atom is 0.196 e. The number of hydrogen-bond donors (Lipinski definition) is 0. The first-order chi connectivity index (χ1) is 17.6. The summed E-state index contributed by atoms with van der Waals surface area (Å²) in [6.07, 6.45) is 0.610. The fraction of sp³-hybridized carbons (Fsp3) is 0.143. The molecule has 2 heterocycles. The normalized spacial score (nSPS) is 12.4. The monoisotopic (exact) mass is 492 g/mol. The van der Waals surface area contributed by atoms with Crippen LogP contribution in [0.3, 0.4) is 0 Å². The minimum absolute atomic E-state index is 0.0702. The lowest BCUT2D eigenvalue weighted by atomic mass is 10.1. The van der Waals surface area contributed by atoms with Crippen LogP contribution < -0.4 is 9.80 Å². The van der Waals surface area contributed by atoms with Gasteiger partial charge in [-0.3, -0.25) is 9.36 Å². The van der Waals surface area contributed by atoms with Gasteiger partial charge < -0.3 is 9.80 Å². The number of Topliss-reactive ketones (excluding diaryl/α,β-unsaturated/α-hetero) is 1. The number of anilines is 2. The molecule has 0 bridgehead atoms. The zero-order valence-corrected chi connectivity index (χ0v) is 20.8. The predicted molar refractivity (Wildman–Crippen MR) is 142 cm³/mol. The molecule has 5 rings (SSSR count). The number of benzene rings is 3. The average molecular weight is 493 g/mol. The first kappa shape index (κ1) is 23.4. The molecule has 4 aromatic rings. The van der Waals surface area contributed by atoms with E-state index >= 15 is 0 Å². The molecular weight excluding hydrogens is 468 g/mol. The number of rotatable bonds is 7. The number of ketones is 1. The molecule has 8 heteroatoms. The van der Waals surface area contributed by atoms with Crippen LogP contribution in [-0.2, 0) is 11.2 Å². The predicted octanol–water partition coefficient (Wildman–Crippen LogP) is 4.84. The van der Waals surface area contributed by atoms with Gasteiger partial charge in [-0.15, -0.1) is 10.2 Å². The van der Waals surface area contributed by atoms with E-state index < -0.39 is 0 Å². The largest absolute Gasteiger partial charge is 0.328 e. The maximum absolute atomic E-state index is 13.3. The summed E-state index contributed by atoms with van der Waals surface area (Å²) in [5.74, 6) is 1.18. The van der Waals surface area contributed by atoms with Gasteiger partial charge in [0.15, 0.2) is 10.9 Å². The van der Waals surface area contributed by atoms with Crippen molar-refractivity contribution in [2.45, 2.75) is 11.6 Å². The fourth-order valence-corrected chi connectivity index (χ4v) is 5.23. The van der Waals surface area contributed by atoms with E-state index in [1.54, 1.807) is 0 Å². The number of carbonyl (C=O) groups is 1. The van der Waals surface area contributed by atoms with Gasteiger partial charge in [0.2, 0.25) is 0 Å². The molecule has 3 aromatic carbocycles. The van der Waals surface area contributed by atoms with E-state index in [1.165, 1.54) is 11.8 Å². The van der Waals surface area contributed by atoms with Crippen molar-refractivity contribution >= 4 is 28.9 Å². The highest BCUT2D eigenvalue weighted by atomic mass is 32.2.